The number of aromatic nitrogens is 3. The van der Waals surface area contributed by atoms with Gasteiger partial charge in [-0.3, -0.25) is 0 Å². The minimum Gasteiger partial charge on any atom is -0.457 e. The molecule has 0 unspecified atom stereocenters. The van der Waals surface area contributed by atoms with E-state index in [4.69, 9.17) is 19.2 Å². The molecule has 0 atom stereocenters. The monoisotopic (exact) mass is 369 g/mol. The Morgan fingerprint density at radius 3 is 2.69 bits per heavy atom. The van der Waals surface area contributed by atoms with Crippen LogP contribution in [0, 0.1) is 0 Å². The first-order valence-corrected chi connectivity index (χ1v) is 10.4. The van der Waals surface area contributed by atoms with Crippen LogP contribution in [0.15, 0.2) is 46.9 Å². The van der Waals surface area contributed by atoms with Crippen molar-refractivity contribution in [3.63, 3.8) is 0 Å². The van der Waals surface area contributed by atoms with Crippen molar-refractivity contribution in [1.29, 1.82) is 0 Å². The van der Waals surface area contributed by atoms with Crippen molar-refractivity contribution < 1.29 is 9.15 Å². The number of benzene rings is 1. The van der Waals surface area contributed by atoms with Gasteiger partial charge in [-0.1, -0.05) is 30.3 Å². The lowest BCUT2D eigenvalue weighted by Crippen LogP contribution is -2.15. The Morgan fingerprint density at radius 2 is 1.92 bits per heavy atom. The molecule has 3 heterocycles. The zero-order valence-corrected chi connectivity index (χ0v) is 15.7. The van der Waals surface area contributed by atoms with E-state index in [2.05, 4.69) is 30.5 Å². The van der Waals surface area contributed by atoms with E-state index in [9.17, 15) is 0 Å². The molecule has 0 N–H and O–H groups in total. The molecule has 6 heteroatoms. The van der Waals surface area contributed by atoms with Gasteiger partial charge >= 0.3 is 0 Å². The van der Waals surface area contributed by atoms with Crippen LogP contribution in [0.4, 0.5) is 0 Å². The highest BCUT2D eigenvalue weighted by molar-refractivity contribution is 7.97. The molecule has 0 aliphatic carbocycles. The lowest BCUT2D eigenvalue weighted by molar-refractivity contribution is 0.0835. The van der Waals surface area contributed by atoms with Gasteiger partial charge in [0.1, 0.15) is 5.76 Å². The molecule has 0 spiro atoms. The van der Waals surface area contributed by atoms with Crippen LogP contribution in [0.3, 0.4) is 0 Å². The maximum atomic E-state index is 6.02. The Hall–Kier alpha value is -2.05. The SMILES string of the molecule is CSCc1ccc(-c2nc(C3CCOCC3)nn2Cc2ccccc2)o1. The van der Waals surface area contributed by atoms with Crippen LogP contribution in [0.5, 0.6) is 0 Å². The van der Waals surface area contributed by atoms with Crippen LogP contribution in [-0.4, -0.2) is 34.2 Å². The maximum absolute atomic E-state index is 6.02. The topological polar surface area (TPSA) is 53.1 Å². The van der Waals surface area contributed by atoms with Gasteiger partial charge in [0, 0.05) is 19.1 Å². The van der Waals surface area contributed by atoms with E-state index in [-0.39, 0.29) is 0 Å². The summed E-state index contributed by atoms with van der Waals surface area (Å²) < 4.78 is 13.5. The van der Waals surface area contributed by atoms with Crippen LogP contribution in [-0.2, 0) is 17.0 Å². The Morgan fingerprint density at radius 1 is 1.12 bits per heavy atom. The first-order valence-electron chi connectivity index (χ1n) is 8.98. The van der Waals surface area contributed by atoms with Crippen LogP contribution >= 0.6 is 11.8 Å². The Labute approximate surface area is 157 Å². The largest absolute Gasteiger partial charge is 0.457 e. The van der Waals surface area contributed by atoms with Crippen molar-refractivity contribution in [3.8, 4) is 11.6 Å². The molecule has 136 valence electrons. The maximum Gasteiger partial charge on any atom is 0.194 e. The summed E-state index contributed by atoms with van der Waals surface area (Å²) >= 11 is 1.75. The highest BCUT2D eigenvalue weighted by Gasteiger charge is 2.23. The fourth-order valence-electron chi connectivity index (χ4n) is 3.26. The predicted molar refractivity (Wildman–Crippen MR) is 103 cm³/mol. The minimum absolute atomic E-state index is 0.361. The smallest absolute Gasteiger partial charge is 0.194 e. The molecular weight excluding hydrogens is 346 g/mol. The van der Waals surface area contributed by atoms with Crippen molar-refractivity contribution >= 4 is 11.8 Å². The summed E-state index contributed by atoms with van der Waals surface area (Å²) in [6.45, 7) is 2.25. The highest BCUT2D eigenvalue weighted by atomic mass is 32.2. The molecule has 1 aliphatic heterocycles. The van der Waals surface area contributed by atoms with E-state index in [1.807, 2.05) is 22.9 Å². The number of ether oxygens (including phenoxy) is 1. The second-order valence-electron chi connectivity index (χ2n) is 6.52. The first kappa shape index (κ1) is 17.4. The standard InChI is InChI=1S/C20H23N3O2S/c1-26-14-17-7-8-18(25-17)20-21-19(16-9-11-24-12-10-16)22-23(20)13-15-5-3-2-4-6-15/h2-8,16H,9-14H2,1H3. The number of thioether (sulfide) groups is 1. The zero-order valence-electron chi connectivity index (χ0n) is 14.9. The van der Waals surface area contributed by atoms with Gasteiger partial charge < -0.3 is 9.15 Å². The molecule has 0 radical (unpaired) electrons. The summed E-state index contributed by atoms with van der Waals surface area (Å²) in [7, 11) is 0. The first-order chi connectivity index (χ1) is 12.8. The summed E-state index contributed by atoms with van der Waals surface area (Å²) in [4.78, 5) is 4.87. The summed E-state index contributed by atoms with van der Waals surface area (Å²) in [5.41, 5.74) is 1.20. The third kappa shape index (κ3) is 3.86. The number of rotatable bonds is 6. The fourth-order valence-corrected chi connectivity index (χ4v) is 3.69. The number of nitrogens with zero attached hydrogens (tertiary/aromatic N) is 3. The van der Waals surface area contributed by atoms with Gasteiger partial charge in [-0.15, -0.1) is 0 Å². The van der Waals surface area contributed by atoms with Crippen LogP contribution in [0.2, 0.25) is 0 Å². The lowest BCUT2D eigenvalue weighted by Gasteiger charge is -2.18. The summed E-state index contributed by atoms with van der Waals surface area (Å²) in [6, 6.07) is 14.4. The molecule has 1 saturated heterocycles. The quantitative estimate of drug-likeness (QED) is 0.647. The van der Waals surface area contributed by atoms with E-state index in [1.54, 1.807) is 11.8 Å². The van der Waals surface area contributed by atoms with E-state index in [0.29, 0.717) is 12.5 Å². The van der Waals surface area contributed by atoms with E-state index in [0.717, 1.165) is 55.0 Å². The molecule has 1 aliphatic rings. The number of hydrogen-bond acceptors (Lipinski definition) is 5. The van der Waals surface area contributed by atoms with Crippen LogP contribution < -0.4 is 0 Å². The van der Waals surface area contributed by atoms with Crippen LogP contribution in [0.1, 0.15) is 35.9 Å². The van der Waals surface area contributed by atoms with Crippen molar-refractivity contribution in [3.05, 3.63) is 59.6 Å². The lowest BCUT2D eigenvalue weighted by atomic mass is 10.00. The number of hydrogen-bond donors (Lipinski definition) is 0. The summed E-state index contributed by atoms with van der Waals surface area (Å²) in [5, 5.41) is 4.85. The molecule has 2 aromatic heterocycles. The van der Waals surface area contributed by atoms with Gasteiger partial charge in [-0.25, -0.2) is 9.67 Å². The molecule has 3 aromatic rings. The Kier molecular flexibility index (Phi) is 5.41. The molecule has 0 saturated carbocycles. The predicted octanol–water partition coefficient (Wildman–Crippen LogP) is 4.34. The van der Waals surface area contributed by atoms with E-state index >= 15 is 0 Å². The average molecular weight is 369 g/mol. The van der Waals surface area contributed by atoms with E-state index < -0.39 is 0 Å². The molecule has 1 aromatic carbocycles. The van der Waals surface area contributed by atoms with Crippen molar-refractivity contribution in [1.82, 2.24) is 14.8 Å². The molecule has 5 nitrogen and oxygen atoms in total. The zero-order chi connectivity index (χ0) is 17.8. The van der Waals surface area contributed by atoms with Crippen molar-refractivity contribution in [2.24, 2.45) is 0 Å². The third-order valence-corrected chi connectivity index (χ3v) is 5.19. The summed E-state index contributed by atoms with van der Waals surface area (Å²) in [5.74, 6) is 4.69. The summed E-state index contributed by atoms with van der Waals surface area (Å²) in [6.07, 6.45) is 4.03. The third-order valence-electron chi connectivity index (χ3n) is 4.62. The van der Waals surface area contributed by atoms with Gasteiger partial charge in [-0.05, 0) is 36.8 Å². The van der Waals surface area contributed by atoms with Crippen molar-refractivity contribution in [2.75, 3.05) is 19.5 Å². The van der Waals surface area contributed by atoms with Gasteiger partial charge in [0.15, 0.2) is 17.4 Å². The Balaban J connectivity index is 1.68. The molecule has 1 fully saturated rings. The number of furan rings is 1. The second kappa shape index (κ2) is 8.10. The fraction of sp³-hybridized carbons (Fsp3) is 0.400. The Bertz CT molecular complexity index is 838. The van der Waals surface area contributed by atoms with Gasteiger partial charge in [0.2, 0.25) is 0 Å². The molecule has 4 rings (SSSR count). The van der Waals surface area contributed by atoms with Gasteiger partial charge in [0.25, 0.3) is 0 Å². The highest BCUT2D eigenvalue weighted by Crippen LogP contribution is 2.29. The molecular formula is C20H23N3O2S. The average Bonchev–Trinajstić information content (AvgIpc) is 3.31. The van der Waals surface area contributed by atoms with Gasteiger partial charge in [0.05, 0.1) is 12.3 Å². The minimum atomic E-state index is 0.361. The second-order valence-corrected chi connectivity index (χ2v) is 7.39. The van der Waals surface area contributed by atoms with Gasteiger partial charge in [-0.2, -0.15) is 16.9 Å². The van der Waals surface area contributed by atoms with Crippen molar-refractivity contribution in [2.45, 2.75) is 31.1 Å². The van der Waals surface area contributed by atoms with E-state index in [1.165, 1.54) is 5.56 Å². The molecule has 26 heavy (non-hydrogen) atoms. The molecule has 0 bridgehead atoms. The van der Waals surface area contributed by atoms with Crippen LogP contribution in [0.25, 0.3) is 11.6 Å². The normalized spacial score (nSPS) is 15.4. The molecule has 0 amide bonds.